The Morgan fingerprint density at radius 2 is 2.22 bits per heavy atom. The highest BCUT2D eigenvalue weighted by molar-refractivity contribution is 5.67. The molecular formula is C17H22N2O4. The third-order valence-corrected chi connectivity index (χ3v) is 3.49. The maximum atomic E-state index is 11.8. The lowest BCUT2D eigenvalue weighted by atomic mass is 10.2. The van der Waals surface area contributed by atoms with Gasteiger partial charge in [-0.2, -0.15) is 5.26 Å². The number of benzene rings is 1. The number of ether oxygens (including phenoxy) is 3. The Labute approximate surface area is 136 Å². The van der Waals surface area contributed by atoms with Crippen LogP contribution in [0.25, 0.3) is 0 Å². The minimum Gasteiger partial charge on any atom is -0.445 e. The molecule has 1 aromatic rings. The Morgan fingerprint density at radius 3 is 2.91 bits per heavy atom. The van der Waals surface area contributed by atoms with E-state index in [-0.39, 0.29) is 25.9 Å². The summed E-state index contributed by atoms with van der Waals surface area (Å²) in [6.45, 7) is 1.12. The van der Waals surface area contributed by atoms with Gasteiger partial charge in [0.2, 0.25) is 0 Å². The van der Waals surface area contributed by atoms with Gasteiger partial charge in [-0.15, -0.1) is 0 Å². The van der Waals surface area contributed by atoms with Crippen molar-refractivity contribution >= 4 is 6.09 Å². The molecule has 0 radical (unpaired) electrons. The quantitative estimate of drug-likeness (QED) is 0.836. The first-order valence-electron chi connectivity index (χ1n) is 7.85. The van der Waals surface area contributed by atoms with Crippen molar-refractivity contribution in [1.29, 1.82) is 5.26 Å². The fourth-order valence-corrected chi connectivity index (χ4v) is 2.26. The maximum Gasteiger partial charge on any atom is 0.407 e. The van der Waals surface area contributed by atoms with Crippen molar-refractivity contribution in [3.05, 3.63) is 35.9 Å². The van der Waals surface area contributed by atoms with Crippen LogP contribution >= 0.6 is 0 Å². The molecule has 0 aromatic heterocycles. The zero-order valence-corrected chi connectivity index (χ0v) is 13.1. The normalized spacial score (nSPS) is 18.7. The largest absolute Gasteiger partial charge is 0.445 e. The molecule has 1 fully saturated rings. The molecule has 1 saturated heterocycles. The summed E-state index contributed by atoms with van der Waals surface area (Å²) in [5.41, 5.74) is 0.909. The first-order chi connectivity index (χ1) is 11.3. The second kappa shape index (κ2) is 9.82. The van der Waals surface area contributed by atoms with Gasteiger partial charge in [-0.05, 0) is 24.8 Å². The Balaban J connectivity index is 1.71. The monoisotopic (exact) mass is 318 g/mol. The van der Waals surface area contributed by atoms with E-state index in [2.05, 4.69) is 5.32 Å². The van der Waals surface area contributed by atoms with Gasteiger partial charge in [0.1, 0.15) is 6.61 Å². The zero-order chi connectivity index (χ0) is 16.3. The fraction of sp³-hybridized carbons (Fsp3) is 0.529. The molecule has 0 bridgehead atoms. The molecule has 1 aliphatic heterocycles. The van der Waals surface area contributed by atoms with Crippen LogP contribution < -0.4 is 5.32 Å². The molecule has 0 saturated carbocycles. The van der Waals surface area contributed by atoms with Crippen LogP contribution in [-0.2, 0) is 20.8 Å². The minimum atomic E-state index is -0.553. The molecule has 1 aromatic carbocycles. The lowest BCUT2D eigenvalue weighted by Crippen LogP contribution is -2.40. The molecule has 1 N–H and O–H groups in total. The van der Waals surface area contributed by atoms with Crippen LogP contribution in [0.2, 0.25) is 0 Å². The number of nitriles is 1. The predicted molar refractivity (Wildman–Crippen MR) is 83.3 cm³/mol. The summed E-state index contributed by atoms with van der Waals surface area (Å²) in [5, 5.41) is 11.5. The molecule has 1 heterocycles. The van der Waals surface area contributed by atoms with Gasteiger partial charge in [-0.3, -0.25) is 0 Å². The molecule has 0 spiro atoms. The smallest absolute Gasteiger partial charge is 0.407 e. The summed E-state index contributed by atoms with van der Waals surface area (Å²) in [6, 6.07) is 11.1. The molecule has 0 aliphatic carbocycles. The van der Waals surface area contributed by atoms with E-state index in [0.717, 1.165) is 24.8 Å². The number of hydrogen-bond acceptors (Lipinski definition) is 5. The number of nitrogens with one attached hydrogen (secondary N) is 1. The van der Waals surface area contributed by atoms with Crippen molar-refractivity contribution in [1.82, 2.24) is 5.32 Å². The van der Waals surface area contributed by atoms with Crippen LogP contribution in [0.5, 0.6) is 0 Å². The number of hydrogen-bond donors (Lipinski definition) is 1. The van der Waals surface area contributed by atoms with Gasteiger partial charge in [0, 0.05) is 6.61 Å². The zero-order valence-electron chi connectivity index (χ0n) is 13.1. The van der Waals surface area contributed by atoms with Crippen LogP contribution in [0.1, 0.15) is 31.2 Å². The number of nitrogens with zero attached hydrogens (tertiary/aromatic N) is 1. The molecular weight excluding hydrogens is 296 g/mol. The third kappa shape index (κ3) is 6.68. The Morgan fingerprint density at radius 1 is 1.39 bits per heavy atom. The topological polar surface area (TPSA) is 80.6 Å². The van der Waals surface area contributed by atoms with E-state index < -0.39 is 12.1 Å². The number of alkyl carbamates (subject to hydrolysis) is 1. The molecule has 1 aliphatic rings. The maximum absolute atomic E-state index is 11.8. The van der Waals surface area contributed by atoms with Crippen molar-refractivity contribution in [2.45, 2.75) is 44.6 Å². The van der Waals surface area contributed by atoms with E-state index in [1.165, 1.54) is 0 Å². The fourth-order valence-electron chi connectivity index (χ4n) is 2.26. The minimum absolute atomic E-state index is 0.160. The molecule has 2 atom stereocenters. The van der Waals surface area contributed by atoms with Gasteiger partial charge in [-0.1, -0.05) is 30.3 Å². The van der Waals surface area contributed by atoms with Gasteiger partial charge in [0.15, 0.2) is 6.29 Å². The first-order valence-corrected chi connectivity index (χ1v) is 7.85. The van der Waals surface area contributed by atoms with Crippen LogP contribution in [0.4, 0.5) is 4.79 Å². The van der Waals surface area contributed by atoms with Crippen molar-refractivity contribution in [2.75, 3.05) is 13.2 Å². The standard InChI is InChI=1S/C17H22N2O4/c18-10-9-15(13-22-16-8-4-5-11-21-16)19-17(20)23-12-14-6-2-1-3-7-14/h1-3,6-7,15-16H,4-5,8-9,11-13H2,(H,19,20)/t15-,16+/m0/s1. The molecule has 6 nitrogen and oxygen atoms in total. The second-order valence-electron chi connectivity index (χ2n) is 5.39. The SMILES string of the molecule is N#CC[C@@H](CO[C@@H]1CCCCO1)NC(=O)OCc1ccccc1. The van der Waals surface area contributed by atoms with Crippen molar-refractivity contribution < 1.29 is 19.0 Å². The highest BCUT2D eigenvalue weighted by atomic mass is 16.7. The summed E-state index contributed by atoms with van der Waals surface area (Å²) in [5.74, 6) is 0. The number of carbonyl (C=O) groups excluding carboxylic acids is 1. The van der Waals surface area contributed by atoms with E-state index in [4.69, 9.17) is 19.5 Å². The summed E-state index contributed by atoms with van der Waals surface area (Å²) in [7, 11) is 0. The number of carbonyl (C=O) groups is 1. The number of rotatable bonds is 7. The van der Waals surface area contributed by atoms with Crippen LogP contribution in [0.15, 0.2) is 30.3 Å². The Kier molecular flexibility index (Phi) is 7.37. The van der Waals surface area contributed by atoms with E-state index in [0.29, 0.717) is 6.61 Å². The first kappa shape index (κ1) is 17.3. The molecule has 124 valence electrons. The summed E-state index contributed by atoms with van der Waals surface area (Å²) >= 11 is 0. The highest BCUT2D eigenvalue weighted by Crippen LogP contribution is 2.14. The summed E-state index contributed by atoms with van der Waals surface area (Å²) < 4.78 is 16.2. The second-order valence-corrected chi connectivity index (χ2v) is 5.39. The van der Waals surface area contributed by atoms with Gasteiger partial charge >= 0.3 is 6.09 Å². The van der Waals surface area contributed by atoms with Crippen LogP contribution in [0.3, 0.4) is 0 Å². The summed E-state index contributed by atoms with van der Waals surface area (Å²) in [6.07, 6.45) is 2.32. The van der Waals surface area contributed by atoms with Gasteiger partial charge in [0.25, 0.3) is 0 Å². The molecule has 1 amide bonds. The Hall–Kier alpha value is -2.10. The van der Waals surface area contributed by atoms with Gasteiger partial charge in [-0.25, -0.2) is 4.79 Å². The van der Waals surface area contributed by atoms with E-state index in [1.807, 2.05) is 36.4 Å². The molecule has 0 unspecified atom stereocenters. The number of amides is 1. The van der Waals surface area contributed by atoms with Crippen molar-refractivity contribution in [3.63, 3.8) is 0 Å². The molecule has 6 heteroatoms. The average molecular weight is 318 g/mol. The molecule has 23 heavy (non-hydrogen) atoms. The lowest BCUT2D eigenvalue weighted by Gasteiger charge is -2.25. The van der Waals surface area contributed by atoms with E-state index >= 15 is 0 Å². The predicted octanol–water partition coefficient (Wildman–Crippen LogP) is 2.74. The van der Waals surface area contributed by atoms with Gasteiger partial charge < -0.3 is 19.5 Å². The van der Waals surface area contributed by atoms with Crippen LogP contribution in [-0.4, -0.2) is 31.6 Å². The van der Waals surface area contributed by atoms with Crippen molar-refractivity contribution in [3.8, 4) is 6.07 Å². The van der Waals surface area contributed by atoms with Crippen LogP contribution in [0, 0.1) is 11.3 Å². The summed E-state index contributed by atoms with van der Waals surface area (Å²) in [4.78, 5) is 11.8. The third-order valence-electron chi connectivity index (χ3n) is 3.49. The highest BCUT2D eigenvalue weighted by Gasteiger charge is 2.18. The van der Waals surface area contributed by atoms with Crippen molar-refractivity contribution in [2.24, 2.45) is 0 Å². The molecule has 2 rings (SSSR count). The van der Waals surface area contributed by atoms with E-state index in [9.17, 15) is 4.79 Å². The Bertz CT molecular complexity index is 509. The van der Waals surface area contributed by atoms with Gasteiger partial charge in [0.05, 0.1) is 25.1 Å². The average Bonchev–Trinajstić information content (AvgIpc) is 2.60. The van der Waals surface area contributed by atoms with E-state index in [1.54, 1.807) is 0 Å². The lowest BCUT2D eigenvalue weighted by molar-refractivity contribution is -0.165.